The molecular weight excluding hydrogens is 466 g/mol. The number of hydrogen-bond donors (Lipinski definition) is 2. The molecule has 0 saturated carbocycles. The number of aryl methyl sites for hydroxylation is 1. The van der Waals surface area contributed by atoms with Crippen molar-refractivity contribution in [3.8, 4) is 10.4 Å². The summed E-state index contributed by atoms with van der Waals surface area (Å²) in [5.41, 5.74) is 5.22. The maximum Gasteiger partial charge on any atom is 0.341 e. The van der Waals surface area contributed by atoms with Gasteiger partial charge in [0.15, 0.2) is 6.10 Å². The number of benzene rings is 2. The minimum Gasteiger partial charge on any atom is -0.465 e. The van der Waals surface area contributed by atoms with Gasteiger partial charge in [0, 0.05) is 4.88 Å². The summed E-state index contributed by atoms with van der Waals surface area (Å²) in [4.78, 5) is 46.6. The van der Waals surface area contributed by atoms with Crippen molar-refractivity contribution >= 4 is 45.2 Å². The molecular formula is C26H23N3O5S. The Kier molecular flexibility index (Phi) is 6.08. The molecule has 8 nitrogen and oxygen atoms in total. The highest BCUT2D eigenvalue weighted by molar-refractivity contribution is 7.20. The fraction of sp³-hybridized carbons (Fsp3) is 0.231. The van der Waals surface area contributed by atoms with Gasteiger partial charge in [0.1, 0.15) is 5.00 Å². The fourth-order valence-corrected chi connectivity index (χ4v) is 5.62. The van der Waals surface area contributed by atoms with Crippen LogP contribution in [0.1, 0.15) is 45.2 Å². The zero-order valence-electron chi connectivity index (χ0n) is 19.2. The monoisotopic (exact) mass is 489 g/mol. The normalized spacial score (nSPS) is 13.0. The van der Waals surface area contributed by atoms with Crippen LogP contribution < -0.4 is 5.32 Å². The smallest absolute Gasteiger partial charge is 0.341 e. The van der Waals surface area contributed by atoms with Crippen LogP contribution >= 0.6 is 11.3 Å². The van der Waals surface area contributed by atoms with Crippen molar-refractivity contribution in [2.75, 3.05) is 12.4 Å². The van der Waals surface area contributed by atoms with Crippen LogP contribution in [0.15, 0.2) is 48.8 Å². The maximum atomic E-state index is 13.2. The van der Waals surface area contributed by atoms with Crippen LogP contribution in [0.3, 0.4) is 0 Å². The number of ether oxygens (including phenoxy) is 2. The summed E-state index contributed by atoms with van der Waals surface area (Å²) in [6.07, 6.45) is 2.25. The Morgan fingerprint density at radius 2 is 1.97 bits per heavy atom. The van der Waals surface area contributed by atoms with E-state index >= 15 is 0 Å². The molecule has 5 rings (SSSR count). The number of anilines is 1. The van der Waals surface area contributed by atoms with Crippen molar-refractivity contribution in [3.63, 3.8) is 0 Å². The van der Waals surface area contributed by atoms with Crippen LogP contribution in [0.5, 0.6) is 0 Å². The van der Waals surface area contributed by atoms with Crippen molar-refractivity contribution < 1.29 is 23.9 Å². The molecule has 2 heterocycles. The molecule has 0 aliphatic heterocycles. The lowest BCUT2D eigenvalue weighted by atomic mass is 9.89. The standard InChI is InChI=1S/C26H23N3O5S/c1-3-20(34-25(31)15-9-11-18-19(12-15)28-13-27-18)23(30)29-24-21(26(32)33-2)17-10-8-14-6-4-5-7-16(14)22(17)35-24/h4-7,9,11-13,20H,3,8,10H2,1-2H3,(H,27,28)(H,29,30). The number of rotatable bonds is 6. The van der Waals surface area contributed by atoms with E-state index in [0.717, 1.165) is 27.9 Å². The van der Waals surface area contributed by atoms with E-state index < -0.39 is 23.9 Å². The average molecular weight is 490 g/mol. The molecule has 0 saturated heterocycles. The molecule has 0 bridgehead atoms. The highest BCUT2D eigenvalue weighted by Gasteiger charge is 2.31. The second kappa shape index (κ2) is 9.34. The molecule has 1 unspecified atom stereocenters. The Morgan fingerprint density at radius 1 is 1.14 bits per heavy atom. The van der Waals surface area contributed by atoms with Gasteiger partial charge in [-0.25, -0.2) is 14.6 Å². The largest absolute Gasteiger partial charge is 0.465 e. The molecule has 2 N–H and O–H groups in total. The number of aromatic nitrogens is 2. The maximum absolute atomic E-state index is 13.2. The summed E-state index contributed by atoms with van der Waals surface area (Å²) in [5, 5.41) is 3.23. The van der Waals surface area contributed by atoms with Crippen LogP contribution in [0, 0.1) is 0 Å². The molecule has 35 heavy (non-hydrogen) atoms. The quantitative estimate of drug-likeness (QED) is 0.378. The van der Waals surface area contributed by atoms with Crippen LogP contribution in [-0.4, -0.2) is 41.0 Å². The van der Waals surface area contributed by atoms with Gasteiger partial charge in [0.25, 0.3) is 5.91 Å². The molecule has 0 fully saturated rings. The number of aromatic amines is 1. The summed E-state index contributed by atoms with van der Waals surface area (Å²) in [6.45, 7) is 1.76. The second-order valence-corrected chi connectivity index (χ2v) is 9.21. The number of carbonyl (C=O) groups is 3. The van der Waals surface area contributed by atoms with Crippen LogP contribution in [0.2, 0.25) is 0 Å². The topological polar surface area (TPSA) is 110 Å². The summed E-state index contributed by atoms with van der Waals surface area (Å²) < 4.78 is 10.6. The van der Waals surface area contributed by atoms with Crippen molar-refractivity contribution in [1.29, 1.82) is 0 Å². The number of hydrogen-bond acceptors (Lipinski definition) is 7. The molecule has 9 heteroatoms. The summed E-state index contributed by atoms with van der Waals surface area (Å²) in [7, 11) is 1.32. The van der Waals surface area contributed by atoms with E-state index in [-0.39, 0.29) is 6.42 Å². The summed E-state index contributed by atoms with van der Waals surface area (Å²) >= 11 is 1.34. The first kappa shape index (κ1) is 22.8. The summed E-state index contributed by atoms with van der Waals surface area (Å²) in [5.74, 6) is -1.62. The van der Waals surface area contributed by atoms with E-state index in [1.54, 1.807) is 31.5 Å². The lowest BCUT2D eigenvalue weighted by Crippen LogP contribution is -2.32. The van der Waals surface area contributed by atoms with E-state index in [0.29, 0.717) is 28.1 Å². The molecule has 0 radical (unpaired) electrons. The first-order valence-electron chi connectivity index (χ1n) is 11.3. The number of carbonyl (C=O) groups excluding carboxylic acids is 3. The predicted molar refractivity (Wildman–Crippen MR) is 133 cm³/mol. The van der Waals surface area contributed by atoms with E-state index in [1.807, 2.05) is 18.2 Å². The first-order valence-corrected chi connectivity index (χ1v) is 12.1. The predicted octanol–water partition coefficient (Wildman–Crippen LogP) is 4.75. The van der Waals surface area contributed by atoms with Gasteiger partial charge in [-0.15, -0.1) is 11.3 Å². The molecule has 2 aromatic carbocycles. The lowest BCUT2D eigenvalue weighted by Gasteiger charge is -2.17. The van der Waals surface area contributed by atoms with Gasteiger partial charge >= 0.3 is 11.9 Å². The van der Waals surface area contributed by atoms with Crippen LogP contribution in [0.25, 0.3) is 21.5 Å². The average Bonchev–Trinajstić information content (AvgIpc) is 3.50. The number of nitrogens with one attached hydrogen (secondary N) is 2. The van der Waals surface area contributed by atoms with Gasteiger partial charge < -0.3 is 19.8 Å². The molecule has 4 aromatic rings. The van der Waals surface area contributed by atoms with Crippen molar-refractivity contribution in [2.24, 2.45) is 0 Å². The first-order chi connectivity index (χ1) is 17.0. The number of esters is 2. The Balaban J connectivity index is 1.40. The van der Waals surface area contributed by atoms with Crippen LogP contribution in [0.4, 0.5) is 5.00 Å². The van der Waals surface area contributed by atoms with Gasteiger partial charge in [-0.1, -0.05) is 31.2 Å². The Bertz CT molecular complexity index is 1450. The Hall–Kier alpha value is -3.98. The van der Waals surface area contributed by atoms with Gasteiger partial charge in [0.2, 0.25) is 0 Å². The number of nitrogens with zero attached hydrogens (tertiary/aromatic N) is 1. The van der Waals surface area contributed by atoms with Gasteiger partial charge in [-0.3, -0.25) is 4.79 Å². The third kappa shape index (κ3) is 4.19. The van der Waals surface area contributed by atoms with Gasteiger partial charge in [0.05, 0.1) is 35.6 Å². The third-order valence-electron chi connectivity index (χ3n) is 6.11. The van der Waals surface area contributed by atoms with Gasteiger partial charge in [-0.05, 0) is 54.2 Å². The van der Waals surface area contributed by atoms with E-state index in [2.05, 4.69) is 21.4 Å². The van der Waals surface area contributed by atoms with E-state index in [1.165, 1.54) is 24.0 Å². The van der Waals surface area contributed by atoms with Crippen molar-refractivity contribution in [3.05, 3.63) is 71.0 Å². The van der Waals surface area contributed by atoms with Gasteiger partial charge in [-0.2, -0.15) is 0 Å². The molecule has 1 aliphatic carbocycles. The summed E-state index contributed by atoms with van der Waals surface area (Å²) in [6, 6.07) is 13.0. The highest BCUT2D eigenvalue weighted by Crippen LogP contribution is 2.45. The highest BCUT2D eigenvalue weighted by atomic mass is 32.1. The molecule has 1 atom stereocenters. The lowest BCUT2D eigenvalue weighted by molar-refractivity contribution is -0.124. The van der Waals surface area contributed by atoms with Crippen LogP contribution in [-0.2, 0) is 27.1 Å². The Morgan fingerprint density at radius 3 is 2.77 bits per heavy atom. The molecule has 0 spiro atoms. The number of amides is 1. The van der Waals surface area contributed by atoms with E-state index in [9.17, 15) is 14.4 Å². The van der Waals surface area contributed by atoms with Crippen molar-refractivity contribution in [2.45, 2.75) is 32.3 Å². The number of methoxy groups -OCH3 is 1. The minimum atomic E-state index is -1.03. The number of H-pyrrole nitrogens is 1. The Labute approximate surface area is 205 Å². The molecule has 1 amide bonds. The SMILES string of the molecule is CCC(OC(=O)c1ccc2nc[nH]c2c1)C(=O)Nc1sc2c(c1C(=O)OC)CCc1ccccc1-2. The number of thiophene rings is 1. The zero-order chi connectivity index (χ0) is 24.5. The molecule has 178 valence electrons. The zero-order valence-corrected chi connectivity index (χ0v) is 20.0. The minimum absolute atomic E-state index is 0.269. The van der Waals surface area contributed by atoms with E-state index in [4.69, 9.17) is 9.47 Å². The number of imidazole rings is 1. The molecule has 1 aliphatic rings. The second-order valence-electron chi connectivity index (χ2n) is 8.19. The molecule has 2 aromatic heterocycles. The fourth-order valence-electron chi connectivity index (χ4n) is 4.32. The third-order valence-corrected chi connectivity index (χ3v) is 7.29. The number of fused-ring (bicyclic) bond motifs is 4. The van der Waals surface area contributed by atoms with Crippen molar-refractivity contribution in [1.82, 2.24) is 9.97 Å².